The average Bonchev–Trinajstić information content (AvgIpc) is 3.14. The maximum atomic E-state index is 13.3. The predicted molar refractivity (Wildman–Crippen MR) is 133 cm³/mol. The molecule has 170 valence electrons. The Morgan fingerprint density at radius 3 is 2.44 bits per heavy atom. The number of fused-ring (bicyclic) bond motifs is 1. The molecule has 0 aliphatic carbocycles. The molecule has 0 atom stereocenters. The Bertz CT molecular complexity index is 1070. The number of ether oxygens (including phenoxy) is 1. The number of ketones is 1. The van der Waals surface area contributed by atoms with Gasteiger partial charge in [0, 0.05) is 52.1 Å². The number of hydrogen-bond donors (Lipinski definition) is 0. The van der Waals surface area contributed by atoms with Crippen LogP contribution in [0.25, 0.3) is 11.0 Å². The van der Waals surface area contributed by atoms with Crippen molar-refractivity contribution in [1.82, 2.24) is 14.5 Å². The molecule has 3 aromatic rings. The first-order chi connectivity index (χ1) is 15.3. The standard InChI is InChI=1S/C25H34N4O2Si/c1-27-12-14-28(15-13-27)21-10-11-22-23(18-21)29(19-31-16-17-32(2,3)4)25(26-22)24(30)20-8-6-5-7-9-20/h5-11,18H,12-17,19H2,1-4H3. The van der Waals surface area contributed by atoms with Gasteiger partial charge in [-0.3, -0.25) is 9.36 Å². The maximum absolute atomic E-state index is 13.3. The highest BCUT2D eigenvalue weighted by Crippen LogP contribution is 2.25. The van der Waals surface area contributed by atoms with Gasteiger partial charge in [0.2, 0.25) is 5.78 Å². The van der Waals surface area contributed by atoms with Crippen LogP contribution in [0.15, 0.2) is 48.5 Å². The lowest BCUT2D eigenvalue weighted by molar-refractivity contribution is 0.0834. The molecule has 0 bridgehead atoms. The fourth-order valence-electron chi connectivity index (χ4n) is 3.93. The van der Waals surface area contributed by atoms with Crippen LogP contribution >= 0.6 is 0 Å². The minimum atomic E-state index is -1.19. The number of aromatic nitrogens is 2. The van der Waals surface area contributed by atoms with Crippen LogP contribution in [0.5, 0.6) is 0 Å². The van der Waals surface area contributed by atoms with Gasteiger partial charge in [-0.25, -0.2) is 4.98 Å². The molecule has 7 heteroatoms. The predicted octanol–water partition coefficient (Wildman–Crippen LogP) is 4.33. The van der Waals surface area contributed by atoms with Gasteiger partial charge in [-0.2, -0.15) is 0 Å². The number of likely N-dealkylation sites (N-methyl/N-ethyl adjacent to an activating group) is 1. The highest BCUT2D eigenvalue weighted by Gasteiger charge is 2.21. The molecule has 0 spiro atoms. The van der Waals surface area contributed by atoms with Crippen LogP contribution < -0.4 is 4.90 Å². The largest absolute Gasteiger partial charge is 0.369 e. The molecule has 0 saturated carbocycles. The van der Waals surface area contributed by atoms with Crippen molar-refractivity contribution in [2.24, 2.45) is 0 Å². The third-order valence-electron chi connectivity index (χ3n) is 6.06. The van der Waals surface area contributed by atoms with Crippen LogP contribution in [0.1, 0.15) is 16.2 Å². The molecule has 4 rings (SSSR count). The number of piperazine rings is 1. The number of benzene rings is 2. The van der Waals surface area contributed by atoms with Crippen LogP contribution in [0.2, 0.25) is 25.7 Å². The summed E-state index contributed by atoms with van der Waals surface area (Å²) in [7, 11) is 0.976. The molecule has 1 aliphatic rings. The summed E-state index contributed by atoms with van der Waals surface area (Å²) in [5.41, 5.74) is 3.60. The monoisotopic (exact) mass is 450 g/mol. The SMILES string of the molecule is CN1CCN(c2ccc3nc(C(=O)c4ccccc4)n(COCC[Si](C)(C)C)c3c2)CC1. The third-order valence-corrected chi connectivity index (χ3v) is 7.76. The number of anilines is 1. The molecule has 2 aromatic carbocycles. The fraction of sp³-hybridized carbons (Fsp3) is 0.440. The summed E-state index contributed by atoms with van der Waals surface area (Å²) in [5.74, 6) is 0.367. The highest BCUT2D eigenvalue weighted by atomic mass is 28.3. The van der Waals surface area contributed by atoms with Crippen molar-refractivity contribution in [2.75, 3.05) is 44.7 Å². The van der Waals surface area contributed by atoms with Crippen LogP contribution in [0.4, 0.5) is 5.69 Å². The molecule has 0 amide bonds. The van der Waals surface area contributed by atoms with Gasteiger partial charge in [-0.15, -0.1) is 0 Å². The highest BCUT2D eigenvalue weighted by molar-refractivity contribution is 6.76. The summed E-state index contributed by atoms with van der Waals surface area (Å²) in [4.78, 5) is 22.8. The van der Waals surface area contributed by atoms with Crippen molar-refractivity contribution >= 4 is 30.6 Å². The first-order valence-corrected chi connectivity index (χ1v) is 15.1. The zero-order valence-corrected chi connectivity index (χ0v) is 20.7. The van der Waals surface area contributed by atoms with Crippen LogP contribution in [-0.2, 0) is 11.5 Å². The number of carbonyl (C=O) groups is 1. The number of nitrogens with zero attached hydrogens (tertiary/aromatic N) is 4. The van der Waals surface area contributed by atoms with E-state index in [0.29, 0.717) is 24.7 Å². The minimum Gasteiger partial charge on any atom is -0.369 e. The van der Waals surface area contributed by atoms with E-state index >= 15 is 0 Å². The lowest BCUT2D eigenvalue weighted by Crippen LogP contribution is -2.44. The Hall–Kier alpha value is -2.48. The summed E-state index contributed by atoms with van der Waals surface area (Å²) in [6.45, 7) is 12.2. The molecule has 2 heterocycles. The van der Waals surface area contributed by atoms with E-state index in [1.165, 1.54) is 5.69 Å². The Balaban J connectivity index is 1.66. The summed E-state index contributed by atoms with van der Waals surface area (Å²) >= 11 is 0. The Labute approximate surface area is 191 Å². The second-order valence-electron chi connectivity index (χ2n) is 9.87. The maximum Gasteiger partial charge on any atom is 0.228 e. The number of imidazole rings is 1. The van der Waals surface area contributed by atoms with E-state index in [1.807, 2.05) is 41.0 Å². The average molecular weight is 451 g/mol. The van der Waals surface area contributed by atoms with Gasteiger partial charge in [0.15, 0.2) is 5.82 Å². The van der Waals surface area contributed by atoms with Crippen molar-refractivity contribution in [3.8, 4) is 0 Å². The smallest absolute Gasteiger partial charge is 0.228 e. The molecule has 0 radical (unpaired) electrons. The van der Waals surface area contributed by atoms with Gasteiger partial charge in [-0.05, 0) is 31.3 Å². The minimum absolute atomic E-state index is 0.0725. The molecule has 1 fully saturated rings. The van der Waals surface area contributed by atoms with E-state index in [-0.39, 0.29) is 5.78 Å². The van der Waals surface area contributed by atoms with E-state index in [2.05, 4.69) is 48.6 Å². The molecule has 1 aliphatic heterocycles. The van der Waals surface area contributed by atoms with Crippen molar-refractivity contribution in [3.63, 3.8) is 0 Å². The van der Waals surface area contributed by atoms with Gasteiger partial charge >= 0.3 is 0 Å². The van der Waals surface area contributed by atoms with E-state index in [1.54, 1.807) is 0 Å². The van der Waals surface area contributed by atoms with Crippen molar-refractivity contribution in [3.05, 3.63) is 59.9 Å². The van der Waals surface area contributed by atoms with Crippen molar-refractivity contribution in [1.29, 1.82) is 0 Å². The quantitative estimate of drug-likeness (QED) is 0.290. The second-order valence-corrected chi connectivity index (χ2v) is 15.5. The second kappa shape index (κ2) is 9.56. The van der Waals surface area contributed by atoms with E-state index in [4.69, 9.17) is 9.72 Å². The third kappa shape index (κ3) is 5.28. The van der Waals surface area contributed by atoms with Crippen LogP contribution in [-0.4, -0.2) is 68.1 Å². The van der Waals surface area contributed by atoms with E-state index < -0.39 is 8.07 Å². The van der Waals surface area contributed by atoms with Crippen molar-refractivity contribution in [2.45, 2.75) is 32.4 Å². The van der Waals surface area contributed by atoms with Gasteiger partial charge in [0.1, 0.15) is 6.73 Å². The number of hydrogen-bond acceptors (Lipinski definition) is 5. The summed E-state index contributed by atoms with van der Waals surface area (Å²) in [6, 6.07) is 16.8. The van der Waals surface area contributed by atoms with E-state index in [9.17, 15) is 4.79 Å². The molecular formula is C25H34N4O2Si. The lowest BCUT2D eigenvalue weighted by atomic mass is 10.1. The van der Waals surface area contributed by atoms with Crippen LogP contribution in [0.3, 0.4) is 0 Å². The molecule has 1 saturated heterocycles. The number of carbonyl (C=O) groups excluding carboxylic acids is 1. The van der Waals surface area contributed by atoms with Gasteiger partial charge in [-0.1, -0.05) is 50.0 Å². The summed E-state index contributed by atoms with van der Waals surface area (Å²) < 4.78 is 8.03. The first kappa shape index (κ1) is 22.7. The molecule has 6 nitrogen and oxygen atoms in total. The molecular weight excluding hydrogens is 416 g/mol. The normalized spacial score (nSPS) is 15.4. The zero-order valence-electron chi connectivity index (χ0n) is 19.7. The fourth-order valence-corrected chi connectivity index (χ4v) is 4.69. The van der Waals surface area contributed by atoms with Crippen molar-refractivity contribution < 1.29 is 9.53 Å². The van der Waals surface area contributed by atoms with E-state index in [0.717, 1.165) is 43.3 Å². The Morgan fingerprint density at radius 2 is 1.75 bits per heavy atom. The topological polar surface area (TPSA) is 50.6 Å². The van der Waals surface area contributed by atoms with Gasteiger partial charge in [0.05, 0.1) is 11.0 Å². The van der Waals surface area contributed by atoms with Crippen LogP contribution in [0, 0.1) is 0 Å². The first-order valence-electron chi connectivity index (χ1n) is 11.4. The summed E-state index contributed by atoms with van der Waals surface area (Å²) in [5, 5.41) is 0. The number of rotatable bonds is 8. The molecule has 0 N–H and O–H groups in total. The zero-order chi connectivity index (χ0) is 22.7. The lowest BCUT2D eigenvalue weighted by Gasteiger charge is -2.34. The Kier molecular flexibility index (Phi) is 6.78. The van der Waals surface area contributed by atoms with Gasteiger partial charge < -0.3 is 14.5 Å². The molecule has 1 aromatic heterocycles. The summed E-state index contributed by atoms with van der Waals surface area (Å²) in [6.07, 6.45) is 0. The van der Waals surface area contributed by atoms with Gasteiger partial charge in [0.25, 0.3) is 0 Å². The molecule has 32 heavy (non-hydrogen) atoms. The Morgan fingerprint density at radius 1 is 1.03 bits per heavy atom. The molecule has 0 unspecified atom stereocenters.